The summed E-state index contributed by atoms with van der Waals surface area (Å²) >= 11 is 0. The molecule has 3 rings (SSSR count). The molecule has 0 unspecified atom stereocenters. The molecule has 0 spiro atoms. The van der Waals surface area contributed by atoms with Crippen molar-refractivity contribution in [3.05, 3.63) is 102 Å². The Kier molecular flexibility index (Phi) is 5.28. The first-order valence-electron chi connectivity index (χ1n) is 8.17. The predicted molar refractivity (Wildman–Crippen MR) is 95.7 cm³/mol. The number of hydrogen-bond acceptors (Lipinski definition) is 2. The van der Waals surface area contributed by atoms with E-state index in [1.807, 2.05) is 48.5 Å². The molecule has 0 amide bonds. The average Bonchev–Trinajstić information content (AvgIpc) is 2.66. The van der Waals surface area contributed by atoms with E-state index in [1.165, 1.54) is 6.07 Å². The van der Waals surface area contributed by atoms with Crippen LogP contribution in [0, 0.1) is 0 Å². The third-order valence-electron chi connectivity index (χ3n) is 4.13. The first kappa shape index (κ1) is 18.0. The molecule has 0 fully saturated rings. The quantitative estimate of drug-likeness (QED) is 0.624. The molecule has 2 N–H and O–H groups in total. The Morgan fingerprint density at radius 3 is 1.88 bits per heavy atom. The number of rotatable bonds is 5. The van der Waals surface area contributed by atoms with Crippen LogP contribution in [-0.2, 0) is 6.18 Å². The van der Waals surface area contributed by atoms with Crippen LogP contribution in [0.3, 0.4) is 0 Å². The monoisotopic (exact) mass is 357 g/mol. The minimum absolute atomic E-state index is 0.295. The molecule has 0 heterocycles. The standard InChI is InChI=1S/C21H18F3NO/c22-21(23,24)17-12-7-13-18(14-17)25-19(15-8-3-1-4-9-15)20(26)16-10-5-2-6-11-16/h1-14,19-20,25-26H/t19-,20-/m0/s1. The van der Waals surface area contributed by atoms with Crippen molar-refractivity contribution in [1.82, 2.24) is 0 Å². The van der Waals surface area contributed by atoms with Crippen LogP contribution in [0.15, 0.2) is 84.9 Å². The van der Waals surface area contributed by atoms with Crippen molar-refractivity contribution in [3.8, 4) is 0 Å². The number of halogens is 3. The van der Waals surface area contributed by atoms with Crippen LogP contribution in [0.25, 0.3) is 0 Å². The highest BCUT2D eigenvalue weighted by atomic mass is 19.4. The van der Waals surface area contributed by atoms with Crippen molar-refractivity contribution < 1.29 is 18.3 Å². The van der Waals surface area contributed by atoms with Crippen molar-refractivity contribution in [3.63, 3.8) is 0 Å². The number of aliphatic hydroxyl groups is 1. The molecule has 3 aromatic carbocycles. The summed E-state index contributed by atoms with van der Waals surface area (Å²) in [4.78, 5) is 0. The fourth-order valence-corrected chi connectivity index (χ4v) is 2.81. The molecule has 0 bridgehead atoms. The first-order valence-corrected chi connectivity index (χ1v) is 8.17. The molecule has 2 nitrogen and oxygen atoms in total. The number of benzene rings is 3. The summed E-state index contributed by atoms with van der Waals surface area (Å²) in [5.74, 6) is 0. The fraction of sp³-hybridized carbons (Fsp3) is 0.143. The molecule has 26 heavy (non-hydrogen) atoms. The molecule has 0 saturated heterocycles. The predicted octanol–water partition coefficient (Wildman–Crippen LogP) is 5.59. The zero-order valence-electron chi connectivity index (χ0n) is 13.8. The van der Waals surface area contributed by atoms with E-state index in [4.69, 9.17) is 0 Å². The lowest BCUT2D eigenvalue weighted by molar-refractivity contribution is -0.137. The van der Waals surface area contributed by atoms with Crippen molar-refractivity contribution in [2.24, 2.45) is 0 Å². The average molecular weight is 357 g/mol. The maximum atomic E-state index is 13.0. The molecule has 134 valence electrons. The normalized spacial score (nSPS) is 13.8. The molecule has 0 aliphatic heterocycles. The fourth-order valence-electron chi connectivity index (χ4n) is 2.81. The van der Waals surface area contributed by atoms with Crippen LogP contribution >= 0.6 is 0 Å². The van der Waals surface area contributed by atoms with Gasteiger partial charge in [0.25, 0.3) is 0 Å². The summed E-state index contributed by atoms with van der Waals surface area (Å²) in [5.41, 5.74) is 1.02. The third-order valence-corrected chi connectivity index (χ3v) is 4.13. The molecule has 0 aliphatic rings. The van der Waals surface area contributed by atoms with Crippen LogP contribution < -0.4 is 5.32 Å². The van der Waals surface area contributed by atoms with Gasteiger partial charge in [-0.05, 0) is 29.3 Å². The van der Waals surface area contributed by atoms with Gasteiger partial charge in [-0.1, -0.05) is 66.7 Å². The molecule has 0 aliphatic carbocycles. The Morgan fingerprint density at radius 1 is 0.731 bits per heavy atom. The second-order valence-corrected chi connectivity index (χ2v) is 5.97. The molecule has 5 heteroatoms. The van der Waals surface area contributed by atoms with Crippen LogP contribution in [0.5, 0.6) is 0 Å². The van der Waals surface area contributed by atoms with Gasteiger partial charge < -0.3 is 10.4 Å². The number of hydrogen-bond donors (Lipinski definition) is 2. The van der Waals surface area contributed by atoms with Gasteiger partial charge in [0.05, 0.1) is 11.6 Å². The Balaban J connectivity index is 1.95. The number of aliphatic hydroxyl groups excluding tert-OH is 1. The lowest BCUT2D eigenvalue weighted by Crippen LogP contribution is -2.19. The SMILES string of the molecule is O[C@@H](c1ccccc1)[C@@H](Nc1cccc(C(F)(F)F)c1)c1ccccc1. The van der Waals surface area contributed by atoms with Crippen molar-refractivity contribution in [2.75, 3.05) is 5.32 Å². The second-order valence-electron chi connectivity index (χ2n) is 5.97. The molecule has 0 aromatic heterocycles. The molecule has 0 radical (unpaired) electrons. The molecular formula is C21H18F3NO. The Labute approximate surface area is 149 Å². The van der Waals surface area contributed by atoms with Gasteiger partial charge in [-0.25, -0.2) is 0 Å². The topological polar surface area (TPSA) is 32.3 Å². The molecular weight excluding hydrogens is 339 g/mol. The summed E-state index contributed by atoms with van der Waals surface area (Å²) < 4.78 is 38.9. The summed E-state index contributed by atoms with van der Waals surface area (Å²) in [5, 5.41) is 13.9. The highest BCUT2D eigenvalue weighted by Gasteiger charge is 2.31. The van der Waals surface area contributed by atoms with E-state index in [0.717, 1.165) is 17.7 Å². The summed E-state index contributed by atoms with van der Waals surface area (Å²) in [6.45, 7) is 0. The molecule has 0 saturated carbocycles. The van der Waals surface area contributed by atoms with Gasteiger partial charge in [0.15, 0.2) is 0 Å². The van der Waals surface area contributed by atoms with E-state index >= 15 is 0 Å². The van der Waals surface area contributed by atoms with E-state index in [-0.39, 0.29) is 0 Å². The summed E-state index contributed by atoms with van der Waals surface area (Å²) in [7, 11) is 0. The minimum atomic E-state index is -4.42. The summed E-state index contributed by atoms with van der Waals surface area (Å²) in [6, 6.07) is 22.6. The van der Waals surface area contributed by atoms with E-state index in [2.05, 4.69) is 5.32 Å². The number of alkyl halides is 3. The van der Waals surface area contributed by atoms with E-state index in [1.54, 1.807) is 18.2 Å². The van der Waals surface area contributed by atoms with Gasteiger partial charge in [-0.2, -0.15) is 13.2 Å². The molecule has 3 aromatic rings. The summed E-state index contributed by atoms with van der Waals surface area (Å²) in [6.07, 6.45) is -5.34. The number of anilines is 1. The van der Waals surface area contributed by atoms with Gasteiger partial charge >= 0.3 is 6.18 Å². The zero-order chi connectivity index (χ0) is 18.6. The second kappa shape index (κ2) is 7.62. The smallest absolute Gasteiger partial charge is 0.386 e. The van der Waals surface area contributed by atoms with Crippen LogP contribution in [0.4, 0.5) is 18.9 Å². The van der Waals surface area contributed by atoms with E-state index < -0.39 is 23.9 Å². The van der Waals surface area contributed by atoms with Crippen LogP contribution in [0.2, 0.25) is 0 Å². The zero-order valence-corrected chi connectivity index (χ0v) is 13.8. The largest absolute Gasteiger partial charge is 0.416 e. The van der Waals surface area contributed by atoms with Gasteiger partial charge in [0, 0.05) is 5.69 Å². The van der Waals surface area contributed by atoms with Crippen molar-refractivity contribution in [2.45, 2.75) is 18.3 Å². The van der Waals surface area contributed by atoms with Crippen molar-refractivity contribution in [1.29, 1.82) is 0 Å². The van der Waals surface area contributed by atoms with E-state index in [0.29, 0.717) is 11.3 Å². The van der Waals surface area contributed by atoms with E-state index in [9.17, 15) is 18.3 Å². The third kappa shape index (κ3) is 4.24. The maximum absolute atomic E-state index is 13.0. The lowest BCUT2D eigenvalue weighted by atomic mass is 9.95. The van der Waals surface area contributed by atoms with Crippen molar-refractivity contribution >= 4 is 5.69 Å². The highest BCUT2D eigenvalue weighted by molar-refractivity contribution is 5.49. The molecule has 2 atom stereocenters. The maximum Gasteiger partial charge on any atom is 0.416 e. The Bertz CT molecular complexity index is 835. The van der Waals surface area contributed by atoms with Gasteiger partial charge in [-0.3, -0.25) is 0 Å². The Morgan fingerprint density at radius 2 is 1.31 bits per heavy atom. The van der Waals surface area contributed by atoms with Crippen LogP contribution in [0.1, 0.15) is 28.8 Å². The number of nitrogens with one attached hydrogen (secondary N) is 1. The lowest BCUT2D eigenvalue weighted by Gasteiger charge is -2.26. The van der Waals surface area contributed by atoms with Gasteiger partial charge in [-0.15, -0.1) is 0 Å². The first-order chi connectivity index (χ1) is 12.4. The van der Waals surface area contributed by atoms with Gasteiger partial charge in [0.2, 0.25) is 0 Å². The van der Waals surface area contributed by atoms with Crippen LogP contribution in [-0.4, -0.2) is 5.11 Å². The Hall–Kier alpha value is -2.79. The minimum Gasteiger partial charge on any atom is -0.386 e. The highest BCUT2D eigenvalue weighted by Crippen LogP contribution is 2.35. The van der Waals surface area contributed by atoms with Gasteiger partial charge in [0.1, 0.15) is 6.10 Å².